The summed E-state index contributed by atoms with van der Waals surface area (Å²) in [6.45, 7) is 0.677. The molecule has 3 heterocycles. The van der Waals surface area contributed by atoms with Gasteiger partial charge in [0.2, 0.25) is 0 Å². The lowest BCUT2D eigenvalue weighted by Crippen LogP contribution is -2.03. The molecular formula is C14H14N6. The van der Waals surface area contributed by atoms with Crippen LogP contribution in [0.2, 0.25) is 0 Å². The van der Waals surface area contributed by atoms with Crippen LogP contribution in [0.25, 0.3) is 11.2 Å². The number of hydrogen-bond acceptors (Lipinski definition) is 5. The summed E-state index contributed by atoms with van der Waals surface area (Å²) >= 11 is 0. The number of hydrogen-bond donors (Lipinski definition) is 1. The van der Waals surface area contributed by atoms with Gasteiger partial charge in [0.15, 0.2) is 11.5 Å². The summed E-state index contributed by atoms with van der Waals surface area (Å²) in [5, 5.41) is 3.31. The average Bonchev–Trinajstić information content (AvgIpc) is 3.25. The molecule has 0 bridgehead atoms. The maximum Gasteiger partial charge on any atom is 0.165 e. The number of pyridine rings is 1. The van der Waals surface area contributed by atoms with Crippen LogP contribution in [0.15, 0.2) is 37.2 Å². The fraction of sp³-hybridized carbons (Fsp3) is 0.286. The van der Waals surface area contributed by atoms with Crippen molar-refractivity contribution in [3.63, 3.8) is 0 Å². The zero-order chi connectivity index (χ0) is 13.4. The molecule has 0 radical (unpaired) electrons. The minimum absolute atomic E-state index is 0.570. The molecule has 6 heteroatoms. The Hall–Kier alpha value is -2.50. The lowest BCUT2D eigenvalue weighted by Gasteiger charge is -2.06. The lowest BCUT2D eigenvalue weighted by atomic mass is 10.3. The second kappa shape index (κ2) is 4.56. The highest BCUT2D eigenvalue weighted by molar-refractivity contribution is 5.82. The maximum absolute atomic E-state index is 4.45. The Morgan fingerprint density at radius 1 is 1.25 bits per heavy atom. The molecule has 1 aliphatic carbocycles. The largest absolute Gasteiger partial charge is 0.364 e. The highest BCUT2D eigenvalue weighted by Gasteiger charge is 2.26. The molecule has 3 aromatic heterocycles. The van der Waals surface area contributed by atoms with Gasteiger partial charge in [-0.25, -0.2) is 15.0 Å². The molecule has 1 saturated carbocycles. The molecular weight excluding hydrogens is 252 g/mol. The molecule has 0 aromatic carbocycles. The monoisotopic (exact) mass is 266 g/mol. The summed E-state index contributed by atoms with van der Waals surface area (Å²) in [6.07, 6.45) is 9.50. The van der Waals surface area contributed by atoms with Gasteiger partial charge in [-0.15, -0.1) is 0 Å². The second-order valence-electron chi connectivity index (χ2n) is 4.99. The van der Waals surface area contributed by atoms with Gasteiger partial charge in [0, 0.05) is 25.0 Å². The zero-order valence-electron chi connectivity index (χ0n) is 10.9. The number of imidazole rings is 1. The van der Waals surface area contributed by atoms with Crippen molar-refractivity contribution in [3.05, 3.63) is 42.7 Å². The highest BCUT2D eigenvalue weighted by Crippen LogP contribution is 2.37. The Balaban J connectivity index is 1.63. The van der Waals surface area contributed by atoms with Crippen molar-refractivity contribution >= 4 is 17.0 Å². The van der Waals surface area contributed by atoms with Crippen molar-refractivity contribution in [1.29, 1.82) is 0 Å². The summed E-state index contributed by atoms with van der Waals surface area (Å²) in [6, 6.07) is 4.52. The van der Waals surface area contributed by atoms with Crippen molar-refractivity contribution in [2.75, 3.05) is 5.32 Å². The first-order valence-electron chi connectivity index (χ1n) is 6.72. The van der Waals surface area contributed by atoms with Crippen LogP contribution in [-0.4, -0.2) is 24.5 Å². The summed E-state index contributed by atoms with van der Waals surface area (Å²) in [5.41, 5.74) is 2.86. The fourth-order valence-corrected chi connectivity index (χ4v) is 2.29. The van der Waals surface area contributed by atoms with E-state index in [2.05, 4.69) is 29.8 Å². The molecule has 0 amide bonds. The first-order valence-corrected chi connectivity index (χ1v) is 6.72. The number of fused-ring (bicyclic) bond motifs is 1. The van der Waals surface area contributed by atoms with Gasteiger partial charge >= 0.3 is 0 Å². The van der Waals surface area contributed by atoms with E-state index in [9.17, 15) is 0 Å². The molecule has 6 nitrogen and oxygen atoms in total. The van der Waals surface area contributed by atoms with Crippen molar-refractivity contribution in [2.24, 2.45) is 0 Å². The van der Waals surface area contributed by atoms with E-state index in [1.165, 1.54) is 12.8 Å². The molecule has 100 valence electrons. The Morgan fingerprint density at radius 2 is 2.20 bits per heavy atom. The molecule has 4 rings (SSSR count). The van der Waals surface area contributed by atoms with Gasteiger partial charge in [-0.05, 0) is 24.5 Å². The molecule has 0 unspecified atom stereocenters. The molecule has 1 N–H and O–H groups in total. The van der Waals surface area contributed by atoms with Gasteiger partial charge in [0.25, 0.3) is 0 Å². The second-order valence-corrected chi connectivity index (χ2v) is 4.99. The van der Waals surface area contributed by atoms with E-state index in [-0.39, 0.29) is 0 Å². The van der Waals surface area contributed by atoms with E-state index in [1.54, 1.807) is 12.5 Å². The predicted octanol–water partition coefficient (Wildman–Crippen LogP) is 2.17. The molecule has 0 atom stereocenters. The van der Waals surface area contributed by atoms with Gasteiger partial charge < -0.3 is 9.88 Å². The van der Waals surface area contributed by atoms with Gasteiger partial charge in [0.1, 0.15) is 11.8 Å². The third-order valence-electron chi connectivity index (χ3n) is 3.48. The molecule has 0 aliphatic heterocycles. The molecule has 20 heavy (non-hydrogen) atoms. The van der Waals surface area contributed by atoms with E-state index < -0.39 is 0 Å². The van der Waals surface area contributed by atoms with Crippen molar-refractivity contribution in [2.45, 2.75) is 25.4 Å². The average molecular weight is 266 g/mol. The van der Waals surface area contributed by atoms with E-state index in [0.29, 0.717) is 12.6 Å². The van der Waals surface area contributed by atoms with Crippen LogP contribution in [0, 0.1) is 0 Å². The van der Waals surface area contributed by atoms with Gasteiger partial charge in [-0.2, -0.15) is 0 Å². The van der Waals surface area contributed by atoms with Crippen LogP contribution in [0.5, 0.6) is 0 Å². The quantitative estimate of drug-likeness (QED) is 0.783. The molecule has 3 aromatic rings. The number of anilines is 1. The topological polar surface area (TPSA) is 68.5 Å². The number of rotatable bonds is 4. The summed E-state index contributed by atoms with van der Waals surface area (Å²) in [5.74, 6) is 0.776. The van der Waals surface area contributed by atoms with Gasteiger partial charge in [0.05, 0.1) is 6.33 Å². The van der Waals surface area contributed by atoms with Gasteiger partial charge in [-0.1, -0.05) is 6.07 Å². The molecule has 1 aliphatic rings. The molecule has 0 saturated heterocycles. The third kappa shape index (κ3) is 1.99. The van der Waals surface area contributed by atoms with Crippen LogP contribution in [0.3, 0.4) is 0 Å². The van der Waals surface area contributed by atoms with Crippen molar-refractivity contribution in [1.82, 2.24) is 24.5 Å². The van der Waals surface area contributed by atoms with Crippen LogP contribution in [0.4, 0.5) is 5.82 Å². The maximum atomic E-state index is 4.45. The predicted molar refractivity (Wildman–Crippen MR) is 75.2 cm³/mol. The fourth-order valence-electron chi connectivity index (χ4n) is 2.29. The Morgan fingerprint density at radius 3 is 3.00 bits per heavy atom. The molecule has 0 spiro atoms. The first-order chi connectivity index (χ1) is 9.92. The van der Waals surface area contributed by atoms with Crippen LogP contribution < -0.4 is 5.32 Å². The van der Waals surface area contributed by atoms with Gasteiger partial charge in [-0.3, -0.25) is 4.98 Å². The number of nitrogens with zero attached hydrogens (tertiary/aromatic N) is 5. The normalized spacial score (nSPS) is 14.6. The van der Waals surface area contributed by atoms with E-state index in [1.807, 2.05) is 24.7 Å². The van der Waals surface area contributed by atoms with Crippen LogP contribution in [0.1, 0.15) is 24.4 Å². The SMILES string of the molecule is c1cncc(CNc2ncnc3c2ncn3C2CC2)c1. The Labute approximate surface area is 115 Å². The van der Waals surface area contributed by atoms with E-state index >= 15 is 0 Å². The molecule has 1 fully saturated rings. The van der Waals surface area contributed by atoms with E-state index in [4.69, 9.17) is 0 Å². The van der Waals surface area contributed by atoms with Crippen LogP contribution >= 0.6 is 0 Å². The Bertz CT molecular complexity index is 732. The van der Waals surface area contributed by atoms with Crippen LogP contribution in [-0.2, 0) is 6.54 Å². The summed E-state index contributed by atoms with van der Waals surface area (Å²) in [4.78, 5) is 17.2. The number of nitrogens with one attached hydrogen (secondary N) is 1. The first kappa shape index (κ1) is 11.3. The van der Waals surface area contributed by atoms with Crippen molar-refractivity contribution < 1.29 is 0 Å². The lowest BCUT2D eigenvalue weighted by molar-refractivity contribution is 0.756. The Kier molecular flexibility index (Phi) is 2.58. The summed E-state index contributed by atoms with van der Waals surface area (Å²) < 4.78 is 2.15. The summed E-state index contributed by atoms with van der Waals surface area (Å²) in [7, 11) is 0. The smallest absolute Gasteiger partial charge is 0.165 e. The number of aromatic nitrogens is 5. The van der Waals surface area contributed by atoms with E-state index in [0.717, 1.165) is 22.5 Å². The third-order valence-corrected chi connectivity index (χ3v) is 3.48. The minimum Gasteiger partial charge on any atom is -0.364 e. The van der Waals surface area contributed by atoms with Crippen molar-refractivity contribution in [3.8, 4) is 0 Å². The highest BCUT2D eigenvalue weighted by atomic mass is 15.2. The zero-order valence-corrected chi connectivity index (χ0v) is 10.9. The standard InChI is InChI=1S/C14H14N6/c1-2-10(6-15-5-1)7-16-13-12-14(18-8-17-13)20(9-19-12)11-3-4-11/h1-2,5-6,8-9,11H,3-4,7H2,(H,16,17,18). The minimum atomic E-state index is 0.570.